The molecule has 2 aromatic rings. The molecule has 20 heavy (non-hydrogen) atoms. The fraction of sp³-hybridized carbons (Fsp3) is 0.500. The number of hydrogen-bond donors (Lipinski definition) is 1. The minimum absolute atomic E-state index is 1.02. The minimum atomic E-state index is 1.02. The van der Waals surface area contributed by atoms with Crippen molar-refractivity contribution in [2.45, 2.75) is 52.9 Å². The van der Waals surface area contributed by atoms with Gasteiger partial charge >= 0.3 is 0 Å². The van der Waals surface area contributed by atoms with E-state index in [4.69, 9.17) is 4.98 Å². The van der Waals surface area contributed by atoms with Crippen molar-refractivity contribution < 1.29 is 0 Å². The predicted molar refractivity (Wildman–Crippen MR) is 88.5 cm³/mol. The fourth-order valence-electron chi connectivity index (χ4n) is 2.56. The Kier molecular flexibility index (Phi) is 5.40. The highest BCUT2D eigenvalue weighted by Gasteiger charge is 2.06. The van der Waals surface area contributed by atoms with E-state index >= 15 is 0 Å². The van der Waals surface area contributed by atoms with Crippen molar-refractivity contribution in [1.82, 2.24) is 4.98 Å². The lowest BCUT2D eigenvalue weighted by Crippen LogP contribution is -2.03. The Bertz CT molecular complexity index is 561. The quantitative estimate of drug-likeness (QED) is 0.769. The van der Waals surface area contributed by atoms with Gasteiger partial charge in [0.25, 0.3) is 0 Å². The number of nitrogens with zero attached hydrogens (tertiary/aromatic N) is 1. The summed E-state index contributed by atoms with van der Waals surface area (Å²) in [5, 5.41) is 4.83. The van der Waals surface area contributed by atoms with E-state index in [1.165, 1.54) is 28.8 Å². The molecule has 2 heteroatoms. The molecule has 0 saturated heterocycles. The molecule has 0 fully saturated rings. The Hall–Kier alpha value is -1.57. The monoisotopic (exact) mass is 270 g/mol. The van der Waals surface area contributed by atoms with E-state index in [1.807, 2.05) is 0 Å². The third kappa shape index (κ3) is 3.50. The van der Waals surface area contributed by atoms with Crippen LogP contribution < -0.4 is 5.32 Å². The zero-order valence-corrected chi connectivity index (χ0v) is 13.0. The van der Waals surface area contributed by atoms with Crippen LogP contribution in [0.1, 0.15) is 51.3 Å². The molecular formula is C18H26N2. The second kappa shape index (κ2) is 7.28. The summed E-state index contributed by atoms with van der Waals surface area (Å²) in [5.41, 5.74) is 4.97. The third-order valence-electron chi connectivity index (χ3n) is 3.54. The summed E-state index contributed by atoms with van der Waals surface area (Å²) in [6, 6.07) is 8.94. The first-order valence-electron chi connectivity index (χ1n) is 7.94. The van der Waals surface area contributed by atoms with Crippen molar-refractivity contribution >= 4 is 16.6 Å². The van der Waals surface area contributed by atoms with Gasteiger partial charge in [0, 0.05) is 23.3 Å². The third-order valence-corrected chi connectivity index (χ3v) is 3.54. The van der Waals surface area contributed by atoms with Gasteiger partial charge in [-0.3, -0.25) is 4.98 Å². The van der Waals surface area contributed by atoms with E-state index in [9.17, 15) is 0 Å². The smallest absolute Gasteiger partial charge is 0.0726 e. The van der Waals surface area contributed by atoms with Gasteiger partial charge in [-0.2, -0.15) is 0 Å². The Morgan fingerprint density at radius 2 is 1.75 bits per heavy atom. The van der Waals surface area contributed by atoms with Crippen LogP contribution in [0.2, 0.25) is 0 Å². The Morgan fingerprint density at radius 1 is 0.950 bits per heavy atom. The molecule has 0 aliphatic heterocycles. The first-order valence-corrected chi connectivity index (χ1v) is 7.94. The van der Waals surface area contributed by atoms with Crippen molar-refractivity contribution in [3.63, 3.8) is 0 Å². The van der Waals surface area contributed by atoms with Crippen LogP contribution in [0, 0.1) is 0 Å². The van der Waals surface area contributed by atoms with E-state index in [0.29, 0.717) is 0 Å². The molecule has 0 bridgehead atoms. The molecule has 1 N–H and O–H groups in total. The summed E-state index contributed by atoms with van der Waals surface area (Å²) in [4.78, 5) is 4.79. The summed E-state index contributed by atoms with van der Waals surface area (Å²) in [6.07, 6.45) is 5.65. The topological polar surface area (TPSA) is 24.9 Å². The highest BCUT2D eigenvalue weighted by atomic mass is 14.9. The van der Waals surface area contributed by atoms with Crippen LogP contribution in [0.3, 0.4) is 0 Å². The summed E-state index contributed by atoms with van der Waals surface area (Å²) >= 11 is 0. The normalized spacial score (nSPS) is 10.9. The molecule has 2 rings (SSSR count). The fourth-order valence-corrected chi connectivity index (χ4v) is 2.56. The molecule has 0 aliphatic rings. The van der Waals surface area contributed by atoms with E-state index in [1.54, 1.807) is 0 Å². The number of rotatable bonds is 7. The zero-order chi connectivity index (χ0) is 14.4. The van der Waals surface area contributed by atoms with Crippen LogP contribution in [-0.2, 0) is 12.8 Å². The average Bonchev–Trinajstić information content (AvgIpc) is 2.46. The SMILES string of the molecule is CCCNc1cc(CCC)nc2ccc(CCC)cc12. The summed E-state index contributed by atoms with van der Waals surface area (Å²) in [6.45, 7) is 7.65. The first kappa shape index (κ1) is 14.8. The van der Waals surface area contributed by atoms with Gasteiger partial charge in [0.05, 0.1) is 5.52 Å². The van der Waals surface area contributed by atoms with Gasteiger partial charge in [-0.25, -0.2) is 0 Å². The second-order valence-corrected chi connectivity index (χ2v) is 5.44. The lowest BCUT2D eigenvalue weighted by Gasteiger charge is -2.12. The van der Waals surface area contributed by atoms with E-state index < -0.39 is 0 Å². The molecule has 0 saturated carbocycles. The number of benzene rings is 1. The number of nitrogens with one attached hydrogen (secondary N) is 1. The maximum absolute atomic E-state index is 4.79. The number of pyridine rings is 1. The van der Waals surface area contributed by atoms with E-state index in [2.05, 4.69) is 50.4 Å². The van der Waals surface area contributed by atoms with Crippen LogP contribution >= 0.6 is 0 Å². The minimum Gasteiger partial charge on any atom is -0.384 e. The Morgan fingerprint density at radius 3 is 2.45 bits per heavy atom. The molecule has 1 aromatic carbocycles. The number of fused-ring (bicyclic) bond motifs is 1. The van der Waals surface area contributed by atoms with Crippen LogP contribution in [0.4, 0.5) is 5.69 Å². The molecule has 1 aromatic heterocycles. The van der Waals surface area contributed by atoms with Gasteiger partial charge in [0.1, 0.15) is 0 Å². The lowest BCUT2D eigenvalue weighted by molar-refractivity contribution is 0.888. The van der Waals surface area contributed by atoms with Crippen molar-refractivity contribution in [3.05, 3.63) is 35.5 Å². The van der Waals surface area contributed by atoms with Gasteiger partial charge in [-0.1, -0.05) is 39.7 Å². The highest BCUT2D eigenvalue weighted by molar-refractivity contribution is 5.92. The van der Waals surface area contributed by atoms with Gasteiger partial charge in [-0.05, 0) is 43.0 Å². The standard InChI is InChI=1S/C18H26N2/c1-4-7-14-9-10-17-16(12-14)18(19-11-6-3)13-15(20-17)8-5-2/h9-10,12-13H,4-8,11H2,1-3H3,(H,19,20). The number of anilines is 1. The van der Waals surface area contributed by atoms with Gasteiger partial charge in [0.15, 0.2) is 0 Å². The summed E-state index contributed by atoms with van der Waals surface area (Å²) in [5.74, 6) is 0. The molecule has 0 radical (unpaired) electrons. The Balaban J connectivity index is 2.46. The first-order chi connectivity index (χ1) is 9.78. The number of aryl methyl sites for hydroxylation is 2. The van der Waals surface area contributed by atoms with Crippen LogP contribution in [-0.4, -0.2) is 11.5 Å². The predicted octanol–water partition coefficient (Wildman–Crippen LogP) is 4.96. The second-order valence-electron chi connectivity index (χ2n) is 5.44. The molecule has 0 spiro atoms. The maximum Gasteiger partial charge on any atom is 0.0726 e. The van der Waals surface area contributed by atoms with Crippen molar-refractivity contribution in [2.24, 2.45) is 0 Å². The molecule has 108 valence electrons. The molecular weight excluding hydrogens is 244 g/mol. The molecule has 0 amide bonds. The molecule has 0 atom stereocenters. The molecule has 2 nitrogen and oxygen atoms in total. The van der Waals surface area contributed by atoms with Crippen molar-refractivity contribution in [1.29, 1.82) is 0 Å². The lowest BCUT2D eigenvalue weighted by atomic mass is 10.0. The molecule has 1 heterocycles. The number of hydrogen-bond acceptors (Lipinski definition) is 2. The van der Waals surface area contributed by atoms with Crippen molar-refractivity contribution in [2.75, 3.05) is 11.9 Å². The number of aromatic nitrogens is 1. The zero-order valence-electron chi connectivity index (χ0n) is 13.0. The van der Waals surface area contributed by atoms with Gasteiger partial charge in [0.2, 0.25) is 0 Å². The summed E-state index contributed by atoms with van der Waals surface area (Å²) in [7, 11) is 0. The van der Waals surface area contributed by atoms with E-state index in [-0.39, 0.29) is 0 Å². The molecule has 0 aliphatic carbocycles. The van der Waals surface area contributed by atoms with Gasteiger partial charge < -0.3 is 5.32 Å². The molecule has 0 unspecified atom stereocenters. The summed E-state index contributed by atoms with van der Waals surface area (Å²) < 4.78 is 0. The van der Waals surface area contributed by atoms with E-state index in [0.717, 1.165) is 37.7 Å². The van der Waals surface area contributed by atoms with Crippen LogP contribution in [0.5, 0.6) is 0 Å². The van der Waals surface area contributed by atoms with Crippen LogP contribution in [0.15, 0.2) is 24.3 Å². The maximum atomic E-state index is 4.79. The van der Waals surface area contributed by atoms with Crippen molar-refractivity contribution in [3.8, 4) is 0 Å². The average molecular weight is 270 g/mol. The Labute approximate surface area is 122 Å². The largest absolute Gasteiger partial charge is 0.384 e. The van der Waals surface area contributed by atoms with Gasteiger partial charge in [-0.15, -0.1) is 0 Å². The van der Waals surface area contributed by atoms with Crippen LogP contribution in [0.25, 0.3) is 10.9 Å². The highest BCUT2D eigenvalue weighted by Crippen LogP contribution is 2.25.